The summed E-state index contributed by atoms with van der Waals surface area (Å²) in [6.45, 7) is 5.41. The van der Waals surface area contributed by atoms with Gasteiger partial charge < -0.3 is 4.55 Å². The van der Waals surface area contributed by atoms with Gasteiger partial charge in [-0.1, -0.05) is 13.5 Å². The Labute approximate surface area is 53.1 Å². The van der Waals surface area contributed by atoms with Crippen LogP contribution in [-0.4, -0.2) is 9.80 Å². The first-order valence-electron chi connectivity index (χ1n) is 2.50. The highest BCUT2D eigenvalue weighted by Gasteiger charge is 2.10. The van der Waals surface area contributed by atoms with Crippen molar-refractivity contribution in [3.63, 3.8) is 0 Å². The van der Waals surface area contributed by atoms with E-state index in [0.717, 1.165) is 6.42 Å². The van der Waals surface area contributed by atoms with Crippen LogP contribution in [0.5, 0.6) is 0 Å². The Morgan fingerprint density at radius 2 is 2.50 bits per heavy atom. The SMILES string of the molecule is C=CC(CC)[S+](N)[O-]. The second-order valence-corrected chi connectivity index (χ2v) is 2.77. The summed E-state index contributed by atoms with van der Waals surface area (Å²) in [5.74, 6) is 0. The van der Waals surface area contributed by atoms with Crippen molar-refractivity contribution in [2.75, 3.05) is 0 Å². The van der Waals surface area contributed by atoms with Crippen LogP contribution in [-0.2, 0) is 11.4 Å². The maximum Gasteiger partial charge on any atom is 0.152 e. The van der Waals surface area contributed by atoms with Crippen molar-refractivity contribution in [1.29, 1.82) is 0 Å². The Bertz CT molecular complexity index is 74.8. The van der Waals surface area contributed by atoms with E-state index in [2.05, 4.69) is 6.58 Å². The van der Waals surface area contributed by atoms with Crippen LogP contribution in [0.4, 0.5) is 0 Å². The third-order valence-electron chi connectivity index (χ3n) is 0.964. The average Bonchev–Trinajstić information content (AvgIpc) is 1.69. The first-order valence-corrected chi connectivity index (χ1v) is 3.77. The summed E-state index contributed by atoms with van der Waals surface area (Å²) in [5.41, 5.74) is 0. The minimum atomic E-state index is -1.22. The van der Waals surface area contributed by atoms with Gasteiger partial charge in [0.05, 0.1) is 0 Å². The molecule has 0 amide bonds. The molecule has 0 aliphatic carbocycles. The van der Waals surface area contributed by atoms with E-state index in [4.69, 9.17) is 5.14 Å². The van der Waals surface area contributed by atoms with E-state index < -0.39 is 11.4 Å². The van der Waals surface area contributed by atoms with Crippen LogP contribution in [0.25, 0.3) is 0 Å². The zero-order valence-electron chi connectivity index (χ0n) is 4.96. The van der Waals surface area contributed by atoms with Gasteiger partial charge in [-0.2, -0.15) is 5.14 Å². The molecule has 0 aromatic rings. The standard InChI is InChI=1S/C5H11NOS/c1-3-5(4-2)8(6)7/h3,5H,1,4,6H2,2H3. The molecule has 2 unspecified atom stereocenters. The van der Waals surface area contributed by atoms with E-state index in [1.165, 1.54) is 0 Å². The average molecular weight is 133 g/mol. The summed E-state index contributed by atoms with van der Waals surface area (Å²) in [6, 6.07) is 0. The highest BCUT2D eigenvalue weighted by molar-refractivity contribution is 7.89. The fourth-order valence-electron chi connectivity index (χ4n) is 0.426. The maximum atomic E-state index is 10.4. The van der Waals surface area contributed by atoms with Gasteiger partial charge in [-0.3, -0.25) is 0 Å². The Balaban J connectivity index is 3.51. The van der Waals surface area contributed by atoms with Gasteiger partial charge in [-0.25, -0.2) is 0 Å². The molecule has 0 heterocycles. The second-order valence-electron chi connectivity index (χ2n) is 1.51. The van der Waals surface area contributed by atoms with Crippen LogP contribution in [0.15, 0.2) is 12.7 Å². The number of nitrogens with two attached hydrogens (primary N) is 1. The number of rotatable bonds is 3. The molecule has 0 aromatic heterocycles. The molecule has 0 fully saturated rings. The van der Waals surface area contributed by atoms with Crippen LogP contribution < -0.4 is 5.14 Å². The predicted molar refractivity (Wildman–Crippen MR) is 36.6 cm³/mol. The third kappa shape index (κ3) is 2.35. The van der Waals surface area contributed by atoms with Crippen LogP contribution in [0.2, 0.25) is 0 Å². The van der Waals surface area contributed by atoms with Crippen molar-refractivity contribution in [3.8, 4) is 0 Å². The molecule has 0 saturated carbocycles. The number of hydrogen-bond acceptors (Lipinski definition) is 2. The highest BCUT2D eigenvalue weighted by atomic mass is 32.2. The highest BCUT2D eigenvalue weighted by Crippen LogP contribution is 2.00. The van der Waals surface area contributed by atoms with E-state index >= 15 is 0 Å². The third-order valence-corrected chi connectivity index (χ3v) is 2.09. The fraction of sp³-hybridized carbons (Fsp3) is 0.600. The van der Waals surface area contributed by atoms with E-state index in [-0.39, 0.29) is 5.25 Å². The Kier molecular flexibility index (Phi) is 3.95. The predicted octanol–water partition coefficient (Wildman–Crippen LogP) is 0.573. The van der Waals surface area contributed by atoms with Gasteiger partial charge in [-0.05, 0) is 12.5 Å². The molecule has 3 heteroatoms. The van der Waals surface area contributed by atoms with E-state index in [1.807, 2.05) is 6.92 Å². The minimum Gasteiger partial charge on any atom is -0.598 e. The molecule has 0 aliphatic heterocycles. The van der Waals surface area contributed by atoms with Gasteiger partial charge >= 0.3 is 0 Å². The Hall–Kier alpha value is 0.01000. The normalized spacial score (nSPS) is 17.4. The summed E-state index contributed by atoms with van der Waals surface area (Å²) in [6.07, 6.45) is 2.42. The summed E-state index contributed by atoms with van der Waals surface area (Å²) >= 11 is -1.22. The van der Waals surface area contributed by atoms with Crippen LogP contribution in [0, 0.1) is 0 Å². The first-order chi connectivity index (χ1) is 3.72. The van der Waals surface area contributed by atoms with Crippen LogP contribution in [0.3, 0.4) is 0 Å². The smallest absolute Gasteiger partial charge is 0.152 e. The Morgan fingerprint density at radius 3 is 2.50 bits per heavy atom. The molecule has 2 nitrogen and oxygen atoms in total. The van der Waals surface area contributed by atoms with Crippen molar-refractivity contribution in [2.24, 2.45) is 5.14 Å². The molecular weight excluding hydrogens is 122 g/mol. The summed E-state index contributed by atoms with van der Waals surface area (Å²) in [4.78, 5) is 0. The zero-order valence-corrected chi connectivity index (χ0v) is 5.78. The molecule has 2 atom stereocenters. The van der Waals surface area contributed by atoms with Crippen molar-refractivity contribution < 1.29 is 4.55 Å². The minimum absolute atomic E-state index is 0.0324. The van der Waals surface area contributed by atoms with Gasteiger partial charge in [-0.15, -0.1) is 0 Å². The molecular formula is C5H11NOS. The van der Waals surface area contributed by atoms with Gasteiger partial charge in [0.25, 0.3) is 0 Å². The lowest BCUT2D eigenvalue weighted by atomic mass is 10.3. The van der Waals surface area contributed by atoms with Crippen LogP contribution in [0.1, 0.15) is 13.3 Å². The van der Waals surface area contributed by atoms with Crippen molar-refractivity contribution in [2.45, 2.75) is 18.6 Å². The lowest BCUT2D eigenvalue weighted by Gasteiger charge is -2.09. The topological polar surface area (TPSA) is 49.1 Å². The van der Waals surface area contributed by atoms with Crippen molar-refractivity contribution >= 4 is 11.4 Å². The zero-order chi connectivity index (χ0) is 6.57. The molecule has 48 valence electrons. The maximum absolute atomic E-state index is 10.4. The molecule has 0 aliphatic rings. The largest absolute Gasteiger partial charge is 0.598 e. The molecule has 0 bridgehead atoms. The summed E-state index contributed by atoms with van der Waals surface area (Å²) in [5, 5.41) is 5.03. The van der Waals surface area contributed by atoms with Gasteiger partial charge in [0.1, 0.15) is 0 Å². The molecule has 0 saturated heterocycles. The molecule has 8 heavy (non-hydrogen) atoms. The molecule has 2 N–H and O–H groups in total. The van der Waals surface area contributed by atoms with Gasteiger partial charge in [0.2, 0.25) is 0 Å². The number of hydrogen-bond donors (Lipinski definition) is 1. The quantitative estimate of drug-likeness (QED) is 0.452. The van der Waals surface area contributed by atoms with E-state index in [1.54, 1.807) is 6.08 Å². The van der Waals surface area contributed by atoms with Crippen LogP contribution >= 0.6 is 0 Å². The Morgan fingerprint density at radius 1 is 2.00 bits per heavy atom. The molecule has 0 aromatic carbocycles. The van der Waals surface area contributed by atoms with Crippen molar-refractivity contribution in [3.05, 3.63) is 12.7 Å². The molecule has 0 spiro atoms. The lowest BCUT2D eigenvalue weighted by molar-refractivity contribution is 0.587. The summed E-state index contributed by atoms with van der Waals surface area (Å²) < 4.78 is 10.4. The molecule has 0 radical (unpaired) electrons. The lowest BCUT2D eigenvalue weighted by Crippen LogP contribution is -2.25. The van der Waals surface area contributed by atoms with E-state index in [9.17, 15) is 4.55 Å². The van der Waals surface area contributed by atoms with Gasteiger partial charge in [0.15, 0.2) is 5.25 Å². The summed E-state index contributed by atoms with van der Waals surface area (Å²) in [7, 11) is 0. The molecule has 0 rings (SSSR count). The van der Waals surface area contributed by atoms with Gasteiger partial charge in [0, 0.05) is 11.4 Å². The first kappa shape index (κ1) is 8.01. The monoisotopic (exact) mass is 133 g/mol. The fourth-order valence-corrected chi connectivity index (χ4v) is 0.944. The van der Waals surface area contributed by atoms with Crippen molar-refractivity contribution in [1.82, 2.24) is 0 Å². The van der Waals surface area contributed by atoms with E-state index in [0.29, 0.717) is 0 Å². The second kappa shape index (κ2) is 3.95.